The van der Waals surface area contributed by atoms with Crippen molar-refractivity contribution in [1.29, 1.82) is 0 Å². The molecule has 3 aliphatic rings. The van der Waals surface area contributed by atoms with Gasteiger partial charge in [-0.25, -0.2) is 0 Å². The maximum atomic E-state index is 13.8. The van der Waals surface area contributed by atoms with Crippen LogP contribution >= 0.6 is 11.3 Å². The first-order valence-corrected chi connectivity index (χ1v) is 14.7. The predicted molar refractivity (Wildman–Crippen MR) is 150 cm³/mol. The molecule has 3 atom stereocenters. The van der Waals surface area contributed by atoms with Crippen molar-refractivity contribution in [3.05, 3.63) is 47.3 Å². The van der Waals surface area contributed by atoms with Crippen LogP contribution in [0.1, 0.15) is 37.0 Å². The average Bonchev–Trinajstić information content (AvgIpc) is 3.68. The zero-order chi connectivity index (χ0) is 27.5. The van der Waals surface area contributed by atoms with Crippen molar-refractivity contribution in [3.63, 3.8) is 0 Å². The van der Waals surface area contributed by atoms with E-state index in [1.54, 1.807) is 33.3 Å². The Balaban J connectivity index is 1.25. The molecule has 3 unspecified atom stereocenters. The van der Waals surface area contributed by atoms with Gasteiger partial charge in [-0.15, -0.1) is 11.3 Å². The summed E-state index contributed by atoms with van der Waals surface area (Å²) in [6.07, 6.45) is 1.04. The van der Waals surface area contributed by atoms with Crippen molar-refractivity contribution >= 4 is 34.8 Å². The highest BCUT2D eigenvalue weighted by atomic mass is 32.1. The van der Waals surface area contributed by atoms with Crippen LogP contribution in [0.15, 0.2) is 41.8 Å². The van der Waals surface area contributed by atoms with Crippen molar-refractivity contribution < 1.29 is 19.2 Å². The molecule has 1 aromatic carbocycles. The summed E-state index contributed by atoms with van der Waals surface area (Å²) >= 11 is 1.64. The number of thiophene rings is 1. The summed E-state index contributed by atoms with van der Waals surface area (Å²) in [7, 11) is 0. The van der Waals surface area contributed by atoms with Gasteiger partial charge in [0.05, 0.1) is 19.1 Å². The fraction of sp³-hybridized carbons (Fsp3) is 0.517. The van der Waals surface area contributed by atoms with E-state index < -0.39 is 12.1 Å². The number of fused-ring (bicyclic) bond motifs is 1. The zero-order valence-corrected chi connectivity index (χ0v) is 23.4. The van der Waals surface area contributed by atoms with Gasteiger partial charge in [0.1, 0.15) is 12.1 Å². The number of rotatable bonds is 8. The molecule has 4 heterocycles. The van der Waals surface area contributed by atoms with E-state index >= 15 is 0 Å². The highest BCUT2D eigenvalue weighted by Gasteiger charge is 2.52. The molecule has 10 heteroatoms. The predicted octanol–water partition coefficient (Wildman–Crippen LogP) is 1.85. The number of Topliss-reactive ketones (excluding diaryl/α,β-unsaturated/α-hetero) is 1. The van der Waals surface area contributed by atoms with Gasteiger partial charge in [0.15, 0.2) is 5.78 Å². The third-order valence-electron chi connectivity index (χ3n) is 7.86. The number of nitrogens with one attached hydrogen (secondary N) is 2. The summed E-state index contributed by atoms with van der Waals surface area (Å²) < 4.78 is 0. The molecule has 0 bridgehead atoms. The largest absolute Gasteiger partial charge is 0.340 e. The number of piperazine rings is 1. The number of ketones is 1. The summed E-state index contributed by atoms with van der Waals surface area (Å²) in [5.74, 6) is -0.545. The first-order chi connectivity index (χ1) is 18.8. The third-order valence-corrected chi connectivity index (χ3v) is 8.78. The van der Waals surface area contributed by atoms with Crippen molar-refractivity contribution in [3.8, 4) is 10.4 Å². The first-order valence-electron chi connectivity index (χ1n) is 13.8. The monoisotopic (exact) mass is 551 g/mol. The molecule has 9 nitrogen and oxygen atoms in total. The van der Waals surface area contributed by atoms with Crippen molar-refractivity contribution in [2.45, 2.75) is 44.8 Å². The Morgan fingerprint density at radius 2 is 1.79 bits per heavy atom. The number of carbonyl (C=O) groups is 4. The van der Waals surface area contributed by atoms with Crippen LogP contribution in [0.2, 0.25) is 0 Å². The normalized spacial score (nSPS) is 22.3. The lowest BCUT2D eigenvalue weighted by atomic mass is 10.0. The molecule has 1 aromatic heterocycles. The summed E-state index contributed by atoms with van der Waals surface area (Å²) in [4.78, 5) is 59.7. The van der Waals surface area contributed by atoms with Gasteiger partial charge in [-0.3, -0.25) is 24.1 Å². The Kier molecular flexibility index (Phi) is 8.44. The lowest BCUT2D eigenvalue weighted by molar-refractivity contribution is -0.138. The zero-order valence-electron chi connectivity index (χ0n) is 22.6. The number of amides is 3. The average molecular weight is 552 g/mol. The Morgan fingerprint density at radius 1 is 1.05 bits per heavy atom. The molecule has 208 valence electrons. The van der Waals surface area contributed by atoms with Crippen LogP contribution in [0, 0.1) is 5.92 Å². The molecular formula is C29H37N5O4S. The molecule has 5 rings (SSSR count). The number of benzene rings is 1. The number of likely N-dealkylation sites (tertiary alicyclic amines) is 2. The lowest BCUT2D eigenvalue weighted by Gasteiger charge is -2.30. The molecule has 3 amide bonds. The topological polar surface area (TPSA) is 102 Å². The summed E-state index contributed by atoms with van der Waals surface area (Å²) in [5, 5.41) is 8.24. The maximum Gasteiger partial charge on any atom is 0.251 e. The van der Waals surface area contributed by atoms with Gasteiger partial charge in [-0.05, 0) is 47.9 Å². The van der Waals surface area contributed by atoms with E-state index in [0.29, 0.717) is 31.5 Å². The standard InChI is InChI=1S/C29H37N5O4S/c1-19(2)16-22(31-28(37)21-7-5-20(6-8-21)25-4-3-15-39-25)29(38)33-12-9-23-27(33)24(35)17-34(23)26(36)18-32-13-10-30-11-14-32/h3-8,15,19,22-23,27,30H,9-14,16-18H2,1-2H3,(H,31,37). The maximum absolute atomic E-state index is 13.8. The second kappa shape index (κ2) is 12.0. The SMILES string of the molecule is CC(C)CC(NC(=O)c1ccc(-c2cccs2)cc1)C(=O)N1CCC2C1C(=O)CN2C(=O)CN1CCNCC1. The van der Waals surface area contributed by atoms with Gasteiger partial charge in [0.25, 0.3) is 5.91 Å². The summed E-state index contributed by atoms with van der Waals surface area (Å²) in [6, 6.07) is 9.71. The molecule has 3 aliphatic heterocycles. The number of hydrogen-bond acceptors (Lipinski definition) is 7. The molecule has 39 heavy (non-hydrogen) atoms. The van der Waals surface area contributed by atoms with Crippen LogP contribution in [0.5, 0.6) is 0 Å². The van der Waals surface area contributed by atoms with E-state index in [1.165, 1.54) is 0 Å². The summed E-state index contributed by atoms with van der Waals surface area (Å²) in [6.45, 7) is 8.06. The van der Waals surface area contributed by atoms with E-state index in [0.717, 1.165) is 36.6 Å². The van der Waals surface area contributed by atoms with Gasteiger partial charge in [0, 0.05) is 43.2 Å². The second-order valence-corrected chi connectivity index (χ2v) is 12.0. The Labute approximate surface area is 233 Å². The van der Waals surface area contributed by atoms with Crippen LogP contribution < -0.4 is 10.6 Å². The van der Waals surface area contributed by atoms with Gasteiger partial charge in [-0.2, -0.15) is 0 Å². The Morgan fingerprint density at radius 3 is 2.46 bits per heavy atom. The fourth-order valence-corrected chi connectivity index (χ4v) is 6.64. The number of carbonyl (C=O) groups excluding carboxylic acids is 4. The van der Waals surface area contributed by atoms with Crippen LogP contribution in [-0.4, -0.2) is 102 Å². The van der Waals surface area contributed by atoms with Crippen LogP contribution in [0.25, 0.3) is 10.4 Å². The molecule has 0 aliphatic carbocycles. The number of hydrogen-bond donors (Lipinski definition) is 2. The third kappa shape index (κ3) is 6.08. The molecule has 2 aromatic rings. The van der Waals surface area contributed by atoms with E-state index in [2.05, 4.69) is 15.5 Å². The highest BCUT2D eigenvalue weighted by Crippen LogP contribution is 2.31. The van der Waals surface area contributed by atoms with Gasteiger partial charge in [-0.1, -0.05) is 32.0 Å². The van der Waals surface area contributed by atoms with Crippen molar-refractivity contribution in [1.82, 2.24) is 25.3 Å². The Hall–Kier alpha value is -3.08. The molecular weight excluding hydrogens is 514 g/mol. The van der Waals surface area contributed by atoms with Gasteiger partial charge in [0.2, 0.25) is 11.8 Å². The molecule has 2 N–H and O–H groups in total. The second-order valence-electron chi connectivity index (χ2n) is 11.1. The highest BCUT2D eigenvalue weighted by molar-refractivity contribution is 7.13. The minimum absolute atomic E-state index is 0.0435. The van der Waals surface area contributed by atoms with Gasteiger partial charge >= 0.3 is 0 Å². The van der Waals surface area contributed by atoms with Crippen molar-refractivity contribution in [2.75, 3.05) is 45.8 Å². The molecule has 3 saturated heterocycles. The minimum atomic E-state index is -0.744. The lowest BCUT2D eigenvalue weighted by Crippen LogP contribution is -2.53. The van der Waals surface area contributed by atoms with Crippen molar-refractivity contribution in [2.24, 2.45) is 5.92 Å². The quantitative estimate of drug-likeness (QED) is 0.519. The fourth-order valence-electron chi connectivity index (χ4n) is 5.90. The molecule has 0 spiro atoms. The van der Waals surface area contributed by atoms with E-state index in [4.69, 9.17) is 0 Å². The van der Waals surface area contributed by atoms with E-state index in [9.17, 15) is 19.2 Å². The van der Waals surface area contributed by atoms with E-state index in [-0.39, 0.29) is 42.0 Å². The van der Waals surface area contributed by atoms with Crippen LogP contribution in [0.4, 0.5) is 0 Å². The van der Waals surface area contributed by atoms with Crippen LogP contribution in [-0.2, 0) is 14.4 Å². The van der Waals surface area contributed by atoms with E-state index in [1.807, 2.05) is 43.5 Å². The van der Waals surface area contributed by atoms with Gasteiger partial charge < -0.3 is 20.4 Å². The first kappa shape index (κ1) is 27.5. The number of nitrogens with zero attached hydrogens (tertiary/aromatic N) is 3. The Bertz CT molecular complexity index is 1190. The smallest absolute Gasteiger partial charge is 0.251 e. The molecule has 0 saturated carbocycles. The summed E-state index contributed by atoms with van der Waals surface area (Å²) in [5.41, 5.74) is 1.52. The van der Waals surface area contributed by atoms with Crippen LogP contribution in [0.3, 0.4) is 0 Å². The molecule has 3 fully saturated rings. The molecule has 0 radical (unpaired) electrons. The minimum Gasteiger partial charge on any atom is -0.340 e.